The standard InChI is InChI=1S/C25H25N3O2/c1-17-6-9-21(10-7-17)24(29)28-13-12-20-11-8-19(15-23(20)28)16-26-25(30)27-22-5-3-4-18(2)14-22/h3-11,14-15H,12-13,16H2,1-2H3,(H2,26,27,30). The molecule has 5 nitrogen and oxygen atoms in total. The van der Waals surface area contributed by atoms with Gasteiger partial charge >= 0.3 is 6.03 Å². The highest BCUT2D eigenvalue weighted by molar-refractivity contribution is 6.07. The maximum Gasteiger partial charge on any atom is 0.319 e. The Hall–Kier alpha value is -3.60. The van der Waals surface area contributed by atoms with E-state index in [4.69, 9.17) is 0 Å². The number of hydrogen-bond donors (Lipinski definition) is 2. The molecule has 0 atom stereocenters. The second kappa shape index (κ2) is 8.41. The van der Waals surface area contributed by atoms with Crippen LogP contribution in [0.5, 0.6) is 0 Å². The van der Waals surface area contributed by atoms with Gasteiger partial charge in [-0.2, -0.15) is 0 Å². The summed E-state index contributed by atoms with van der Waals surface area (Å²) in [6.07, 6.45) is 0.842. The minimum Gasteiger partial charge on any atom is -0.334 e. The third-order valence-electron chi connectivity index (χ3n) is 5.32. The molecule has 3 amide bonds. The lowest BCUT2D eigenvalue weighted by molar-refractivity contribution is 0.0989. The number of urea groups is 1. The van der Waals surface area contributed by atoms with E-state index in [2.05, 4.69) is 10.6 Å². The van der Waals surface area contributed by atoms with E-state index in [-0.39, 0.29) is 11.9 Å². The molecule has 0 fully saturated rings. The summed E-state index contributed by atoms with van der Waals surface area (Å²) in [5, 5.41) is 5.73. The number of nitrogens with zero attached hydrogens (tertiary/aromatic N) is 1. The predicted octanol–water partition coefficient (Wildman–Crippen LogP) is 4.83. The third kappa shape index (κ3) is 4.35. The first kappa shape index (κ1) is 19.7. The highest BCUT2D eigenvalue weighted by Gasteiger charge is 2.25. The number of amides is 3. The van der Waals surface area contributed by atoms with E-state index in [1.54, 1.807) is 0 Å². The second-order valence-corrected chi connectivity index (χ2v) is 7.71. The van der Waals surface area contributed by atoms with Crippen molar-refractivity contribution in [2.45, 2.75) is 26.8 Å². The van der Waals surface area contributed by atoms with Crippen LogP contribution in [0, 0.1) is 13.8 Å². The van der Waals surface area contributed by atoms with Crippen LogP contribution in [0.3, 0.4) is 0 Å². The van der Waals surface area contributed by atoms with Gasteiger partial charge in [-0.15, -0.1) is 0 Å². The van der Waals surface area contributed by atoms with Crippen molar-refractivity contribution in [1.29, 1.82) is 0 Å². The van der Waals surface area contributed by atoms with E-state index in [1.807, 2.05) is 85.5 Å². The molecule has 1 aliphatic rings. The molecular weight excluding hydrogens is 374 g/mol. The number of carbonyl (C=O) groups excluding carboxylic acids is 2. The van der Waals surface area contributed by atoms with Crippen LogP contribution < -0.4 is 15.5 Å². The van der Waals surface area contributed by atoms with Gasteiger partial charge in [0.25, 0.3) is 5.91 Å². The van der Waals surface area contributed by atoms with E-state index < -0.39 is 0 Å². The van der Waals surface area contributed by atoms with Gasteiger partial charge in [-0.3, -0.25) is 4.79 Å². The Morgan fingerprint density at radius 3 is 2.50 bits per heavy atom. The van der Waals surface area contributed by atoms with Gasteiger partial charge in [-0.25, -0.2) is 4.79 Å². The molecule has 0 spiro atoms. The highest BCUT2D eigenvalue weighted by Crippen LogP contribution is 2.30. The second-order valence-electron chi connectivity index (χ2n) is 7.71. The molecule has 3 aromatic carbocycles. The van der Waals surface area contributed by atoms with Gasteiger partial charge in [0.05, 0.1) is 0 Å². The Kier molecular flexibility index (Phi) is 5.53. The molecule has 1 aliphatic heterocycles. The lowest BCUT2D eigenvalue weighted by Gasteiger charge is -2.18. The van der Waals surface area contributed by atoms with Crippen molar-refractivity contribution in [3.63, 3.8) is 0 Å². The number of carbonyl (C=O) groups is 2. The first-order valence-electron chi connectivity index (χ1n) is 10.1. The molecule has 4 rings (SSSR count). The Morgan fingerprint density at radius 2 is 1.73 bits per heavy atom. The summed E-state index contributed by atoms with van der Waals surface area (Å²) >= 11 is 0. The summed E-state index contributed by atoms with van der Waals surface area (Å²) in [7, 11) is 0. The summed E-state index contributed by atoms with van der Waals surface area (Å²) in [6.45, 7) is 5.05. The van der Waals surface area contributed by atoms with Gasteiger partial charge in [0.2, 0.25) is 0 Å². The Bertz CT molecular complexity index is 1090. The van der Waals surface area contributed by atoms with Crippen molar-refractivity contribution in [1.82, 2.24) is 5.32 Å². The molecule has 152 valence electrons. The summed E-state index contributed by atoms with van der Waals surface area (Å²) < 4.78 is 0. The highest BCUT2D eigenvalue weighted by atomic mass is 16.2. The fourth-order valence-corrected chi connectivity index (χ4v) is 3.68. The first-order chi connectivity index (χ1) is 14.5. The topological polar surface area (TPSA) is 61.4 Å². The lowest BCUT2D eigenvalue weighted by Crippen LogP contribution is -2.29. The van der Waals surface area contributed by atoms with Crippen LogP contribution in [0.15, 0.2) is 66.7 Å². The summed E-state index contributed by atoms with van der Waals surface area (Å²) in [5.41, 5.74) is 6.71. The van der Waals surface area contributed by atoms with Gasteiger partial charge in [0.1, 0.15) is 0 Å². The number of aryl methyl sites for hydroxylation is 2. The molecule has 30 heavy (non-hydrogen) atoms. The van der Waals surface area contributed by atoms with Crippen molar-refractivity contribution in [2.75, 3.05) is 16.8 Å². The zero-order valence-electron chi connectivity index (χ0n) is 17.2. The molecule has 5 heteroatoms. The molecular formula is C25H25N3O2. The van der Waals surface area contributed by atoms with Crippen LogP contribution in [0.2, 0.25) is 0 Å². The number of fused-ring (bicyclic) bond motifs is 1. The molecule has 0 radical (unpaired) electrons. The van der Waals surface area contributed by atoms with Crippen molar-refractivity contribution >= 4 is 23.3 Å². The minimum atomic E-state index is -0.256. The van der Waals surface area contributed by atoms with Crippen molar-refractivity contribution in [3.8, 4) is 0 Å². The predicted molar refractivity (Wildman–Crippen MR) is 120 cm³/mol. The average molecular weight is 399 g/mol. The van der Waals surface area contributed by atoms with E-state index in [9.17, 15) is 9.59 Å². The largest absolute Gasteiger partial charge is 0.334 e. The normalized spacial score (nSPS) is 12.4. The smallest absolute Gasteiger partial charge is 0.319 e. The van der Waals surface area contributed by atoms with Gasteiger partial charge in [0, 0.05) is 30.0 Å². The number of anilines is 2. The fourth-order valence-electron chi connectivity index (χ4n) is 3.68. The van der Waals surface area contributed by atoms with Crippen LogP contribution in [0.1, 0.15) is 32.6 Å². The average Bonchev–Trinajstić information content (AvgIpc) is 3.15. The van der Waals surface area contributed by atoms with Gasteiger partial charge in [-0.1, -0.05) is 42.0 Å². The maximum absolute atomic E-state index is 13.0. The van der Waals surface area contributed by atoms with E-state index in [0.29, 0.717) is 18.7 Å². The monoisotopic (exact) mass is 399 g/mol. The molecule has 3 aromatic rings. The number of nitrogens with one attached hydrogen (secondary N) is 2. The molecule has 0 bridgehead atoms. The Morgan fingerprint density at radius 1 is 0.933 bits per heavy atom. The molecule has 1 heterocycles. The quantitative estimate of drug-likeness (QED) is 0.660. The summed E-state index contributed by atoms with van der Waals surface area (Å²) in [6, 6.07) is 21.1. The summed E-state index contributed by atoms with van der Waals surface area (Å²) in [5.74, 6) is 0.0102. The number of hydrogen-bond acceptors (Lipinski definition) is 2. The molecule has 2 N–H and O–H groups in total. The third-order valence-corrected chi connectivity index (χ3v) is 5.32. The summed E-state index contributed by atoms with van der Waals surface area (Å²) in [4.78, 5) is 27.0. The maximum atomic E-state index is 13.0. The van der Waals surface area contributed by atoms with Crippen LogP contribution >= 0.6 is 0 Å². The van der Waals surface area contributed by atoms with Crippen LogP contribution in [0.4, 0.5) is 16.2 Å². The molecule has 0 saturated heterocycles. The Balaban J connectivity index is 1.43. The number of benzene rings is 3. The van der Waals surface area contributed by atoms with Crippen molar-refractivity contribution < 1.29 is 9.59 Å². The minimum absolute atomic E-state index is 0.0102. The van der Waals surface area contributed by atoms with Gasteiger partial charge in [0.15, 0.2) is 0 Å². The van der Waals surface area contributed by atoms with Crippen LogP contribution in [-0.4, -0.2) is 18.5 Å². The van der Waals surface area contributed by atoms with Crippen LogP contribution in [0.25, 0.3) is 0 Å². The van der Waals surface area contributed by atoms with Crippen LogP contribution in [-0.2, 0) is 13.0 Å². The van der Waals surface area contributed by atoms with E-state index in [1.165, 1.54) is 0 Å². The molecule has 0 aromatic heterocycles. The first-order valence-corrected chi connectivity index (χ1v) is 10.1. The van der Waals surface area contributed by atoms with E-state index in [0.717, 1.165) is 40.0 Å². The molecule has 0 aliphatic carbocycles. The van der Waals surface area contributed by atoms with Gasteiger partial charge in [-0.05, 0) is 67.3 Å². The fraction of sp³-hybridized carbons (Fsp3) is 0.200. The van der Waals surface area contributed by atoms with E-state index >= 15 is 0 Å². The van der Waals surface area contributed by atoms with Crippen molar-refractivity contribution in [3.05, 3.63) is 94.5 Å². The zero-order chi connectivity index (χ0) is 21.1. The van der Waals surface area contributed by atoms with Gasteiger partial charge < -0.3 is 15.5 Å². The molecule has 0 unspecified atom stereocenters. The zero-order valence-corrected chi connectivity index (χ0v) is 17.2. The lowest BCUT2D eigenvalue weighted by atomic mass is 10.1. The SMILES string of the molecule is Cc1ccc(C(=O)N2CCc3ccc(CNC(=O)Nc4cccc(C)c4)cc32)cc1. The van der Waals surface area contributed by atoms with Crippen molar-refractivity contribution in [2.24, 2.45) is 0 Å². The number of rotatable bonds is 4. The molecule has 0 saturated carbocycles. The Labute approximate surface area is 176 Å².